The zero-order chi connectivity index (χ0) is 19.6. The van der Waals surface area contributed by atoms with E-state index in [-0.39, 0.29) is 18.5 Å². The van der Waals surface area contributed by atoms with Gasteiger partial charge in [-0.05, 0) is 37.9 Å². The van der Waals surface area contributed by atoms with E-state index < -0.39 is 18.3 Å². The Morgan fingerprint density at radius 2 is 2.22 bits per heavy atom. The number of aliphatic hydroxyl groups is 2. The molecule has 4 atom stereocenters. The van der Waals surface area contributed by atoms with E-state index in [1.165, 1.54) is 0 Å². The van der Waals surface area contributed by atoms with Gasteiger partial charge in [0.05, 0.1) is 6.10 Å². The topological polar surface area (TPSA) is 107 Å². The van der Waals surface area contributed by atoms with Crippen LogP contribution in [0.25, 0.3) is 0 Å². The number of hydrogen-bond acceptors (Lipinski definition) is 6. The van der Waals surface area contributed by atoms with Crippen LogP contribution < -0.4 is 5.73 Å². The van der Waals surface area contributed by atoms with Crippen molar-refractivity contribution in [2.24, 2.45) is 5.73 Å². The number of carboxylic acids is 1. The summed E-state index contributed by atoms with van der Waals surface area (Å²) in [5.41, 5.74) is 7.06. The van der Waals surface area contributed by atoms with Crippen molar-refractivity contribution in [2.45, 2.75) is 62.9 Å². The fourth-order valence-corrected chi connectivity index (χ4v) is 4.40. The third-order valence-corrected chi connectivity index (χ3v) is 5.97. The Morgan fingerprint density at radius 3 is 2.96 bits per heavy atom. The van der Waals surface area contributed by atoms with Crippen LogP contribution in [0.4, 0.5) is 0 Å². The molecule has 1 aliphatic heterocycles. The molecule has 0 spiro atoms. The molecule has 5 N–H and O–H groups in total. The highest BCUT2D eigenvalue weighted by molar-refractivity contribution is 7.99. The lowest BCUT2D eigenvalue weighted by Gasteiger charge is -2.25. The molecule has 0 aromatic heterocycles. The van der Waals surface area contributed by atoms with Crippen molar-refractivity contribution in [2.75, 3.05) is 18.1 Å². The lowest BCUT2D eigenvalue weighted by atomic mass is 9.96. The predicted molar refractivity (Wildman–Crippen MR) is 110 cm³/mol. The maximum absolute atomic E-state index is 10.5. The number of carbonyl (C=O) groups is 1. The van der Waals surface area contributed by atoms with Crippen LogP contribution in [0.3, 0.4) is 0 Å². The van der Waals surface area contributed by atoms with E-state index in [2.05, 4.69) is 4.90 Å². The summed E-state index contributed by atoms with van der Waals surface area (Å²) in [6.07, 6.45) is 12.7. The second-order valence-corrected chi connectivity index (χ2v) is 8.43. The van der Waals surface area contributed by atoms with Crippen molar-refractivity contribution in [1.82, 2.24) is 4.90 Å². The molecule has 0 saturated carbocycles. The molecule has 1 aliphatic carbocycles. The van der Waals surface area contributed by atoms with Crippen molar-refractivity contribution < 1.29 is 20.1 Å². The molecule has 2 aliphatic rings. The van der Waals surface area contributed by atoms with Crippen LogP contribution in [-0.4, -0.2) is 68.7 Å². The highest BCUT2D eigenvalue weighted by atomic mass is 32.2. The van der Waals surface area contributed by atoms with E-state index in [0.717, 1.165) is 42.9 Å². The Hall–Kier alpha value is -1.12. The smallest absolute Gasteiger partial charge is 0.303 e. The zero-order valence-corrected chi connectivity index (χ0v) is 16.6. The number of carboxylic acid groups (broad SMARTS) is 1. The normalized spacial score (nSPS) is 27.2. The van der Waals surface area contributed by atoms with Crippen LogP contribution in [0, 0.1) is 0 Å². The van der Waals surface area contributed by atoms with Crippen molar-refractivity contribution in [3.63, 3.8) is 0 Å². The van der Waals surface area contributed by atoms with E-state index in [4.69, 9.17) is 10.8 Å². The Morgan fingerprint density at radius 1 is 1.41 bits per heavy atom. The third-order valence-electron chi connectivity index (χ3n) is 4.92. The monoisotopic (exact) mass is 396 g/mol. The van der Waals surface area contributed by atoms with Crippen LogP contribution in [0.2, 0.25) is 0 Å². The van der Waals surface area contributed by atoms with Gasteiger partial charge < -0.3 is 21.1 Å². The van der Waals surface area contributed by atoms with Gasteiger partial charge in [-0.3, -0.25) is 9.69 Å². The largest absolute Gasteiger partial charge is 0.481 e. The first-order valence-corrected chi connectivity index (χ1v) is 10.8. The van der Waals surface area contributed by atoms with Crippen molar-refractivity contribution >= 4 is 17.7 Å². The average Bonchev–Trinajstić information content (AvgIpc) is 2.96. The maximum atomic E-state index is 10.5. The lowest BCUT2D eigenvalue weighted by molar-refractivity contribution is -0.137. The number of aliphatic carboxylic acids is 1. The van der Waals surface area contributed by atoms with E-state index in [0.29, 0.717) is 12.8 Å². The molecule has 7 heteroatoms. The minimum atomic E-state index is -0.753. The van der Waals surface area contributed by atoms with Gasteiger partial charge in [0, 0.05) is 30.8 Å². The second-order valence-electron chi connectivity index (χ2n) is 7.21. The van der Waals surface area contributed by atoms with Gasteiger partial charge in [-0.15, -0.1) is 0 Å². The molecule has 0 aromatic rings. The lowest BCUT2D eigenvalue weighted by Crippen LogP contribution is -2.36. The van der Waals surface area contributed by atoms with Gasteiger partial charge in [0.1, 0.15) is 6.23 Å². The van der Waals surface area contributed by atoms with Crippen molar-refractivity contribution in [3.8, 4) is 0 Å². The van der Waals surface area contributed by atoms with Gasteiger partial charge in [0.15, 0.2) is 0 Å². The molecule has 1 heterocycles. The molecule has 2 unspecified atom stereocenters. The van der Waals surface area contributed by atoms with Crippen molar-refractivity contribution in [3.05, 3.63) is 36.0 Å². The molecular formula is C20H32N2O4S. The Labute approximate surface area is 165 Å². The first-order valence-electron chi connectivity index (χ1n) is 9.67. The van der Waals surface area contributed by atoms with E-state index in [1.54, 1.807) is 11.8 Å². The Bertz CT molecular complexity index is 564. The number of nitrogens with two attached hydrogens (primary N) is 1. The minimum Gasteiger partial charge on any atom is -0.481 e. The molecule has 0 amide bonds. The van der Waals surface area contributed by atoms with Gasteiger partial charge in [0.25, 0.3) is 0 Å². The summed E-state index contributed by atoms with van der Waals surface area (Å²) in [5, 5.41) is 29.1. The predicted octanol–water partition coefficient (Wildman–Crippen LogP) is 1.89. The molecule has 27 heavy (non-hydrogen) atoms. The summed E-state index contributed by atoms with van der Waals surface area (Å²) in [4.78, 5) is 12.6. The van der Waals surface area contributed by atoms with Crippen LogP contribution in [0.1, 0.15) is 38.5 Å². The molecule has 0 bridgehead atoms. The molecule has 152 valence electrons. The standard InChI is InChI=1S/C20H32N2O4S/c21-16-4-1-3-15(13-16)14-18(23)8-6-17-7-9-19(24)22(17)10-12-27-11-2-5-20(25)26/h1,3-4,6,8,16-19,23-24H,2,5,7,9-14,21H2,(H,25,26)/b8-6+/t16?,17-,18+,19?/m0/s1. The summed E-state index contributed by atoms with van der Waals surface area (Å²) in [6, 6.07) is 0.173. The molecule has 1 fully saturated rings. The summed E-state index contributed by atoms with van der Waals surface area (Å²) >= 11 is 1.72. The number of allylic oxidation sites excluding steroid dienone is 2. The number of thioether (sulfide) groups is 1. The SMILES string of the molecule is NC1C=CC=C(C[C@H](O)/C=C/[C@H]2CCC(O)N2CCSCCCC(=O)O)C1. The Kier molecular flexibility index (Phi) is 9.58. The fraction of sp³-hybridized carbons (Fsp3) is 0.650. The number of aliphatic hydroxyl groups excluding tert-OH is 2. The van der Waals surface area contributed by atoms with E-state index in [1.807, 2.05) is 30.4 Å². The second kappa shape index (κ2) is 11.7. The first-order chi connectivity index (χ1) is 13.0. The summed E-state index contributed by atoms with van der Waals surface area (Å²) in [7, 11) is 0. The van der Waals surface area contributed by atoms with Gasteiger partial charge in [-0.1, -0.05) is 36.0 Å². The highest BCUT2D eigenvalue weighted by Crippen LogP contribution is 2.25. The molecular weight excluding hydrogens is 364 g/mol. The van der Waals surface area contributed by atoms with Gasteiger partial charge in [-0.2, -0.15) is 11.8 Å². The maximum Gasteiger partial charge on any atom is 0.303 e. The summed E-state index contributed by atoms with van der Waals surface area (Å²) < 4.78 is 0. The minimum absolute atomic E-state index is 0.0367. The number of hydrogen-bond donors (Lipinski definition) is 4. The third kappa shape index (κ3) is 8.19. The highest BCUT2D eigenvalue weighted by Gasteiger charge is 2.29. The molecule has 0 aromatic carbocycles. The van der Waals surface area contributed by atoms with Crippen LogP contribution in [-0.2, 0) is 4.79 Å². The molecule has 1 saturated heterocycles. The van der Waals surface area contributed by atoms with E-state index >= 15 is 0 Å². The van der Waals surface area contributed by atoms with Crippen molar-refractivity contribution in [1.29, 1.82) is 0 Å². The Balaban J connectivity index is 1.73. The first kappa shape index (κ1) is 22.2. The average molecular weight is 397 g/mol. The molecule has 0 radical (unpaired) electrons. The van der Waals surface area contributed by atoms with Crippen LogP contribution in [0.5, 0.6) is 0 Å². The summed E-state index contributed by atoms with van der Waals surface area (Å²) in [5.74, 6) is 0.929. The number of nitrogens with zero attached hydrogens (tertiary/aromatic N) is 1. The van der Waals surface area contributed by atoms with E-state index in [9.17, 15) is 15.0 Å². The quantitative estimate of drug-likeness (QED) is 0.312. The number of likely N-dealkylation sites (tertiary alicyclic amines) is 1. The molecule has 2 rings (SSSR count). The van der Waals surface area contributed by atoms with Gasteiger partial charge in [-0.25, -0.2) is 0 Å². The fourth-order valence-electron chi connectivity index (χ4n) is 3.51. The molecule has 6 nitrogen and oxygen atoms in total. The zero-order valence-electron chi connectivity index (χ0n) is 15.7. The summed E-state index contributed by atoms with van der Waals surface area (Å²) in [6.45, 7) is 0.759. The van der Waals surface area contributed by atoms with Crippen LogP contribution in [0.15, 0.2) is 36.0 Å². The number of rotatable bonds is 11. The van der Waals surface area contributed by atoms with Gasteiger partial charge in [0.2, 0.25) is 0 Å². The van der Waals surface area contributed by atoms with Crippen LogP contribution >= 0.6 is 11.8 Å². The van der Waals surface area contributed by atoms with Gasteiger partial charge >= 0.3 is 5.97 Å².